The van der Waals surface area contributed by atoms with E-state index in [1.807, 2.05) is 12.3 Å². The molecule has 0 aliphatic rings. The third kappa shape index (κ3) is 2.45. The van der Waals surface area contributed by atoms with Crippen molar-refractivity contribution >= 4 is 10.9 Å². The Labute approximate surface area is 122 Å². The molecule has 21 heavy (non-hydrogen) atoms. The van der Waals surface area contributed by atoms with Crippen LogP contribution in [0.15, 0.2) is 30.5 Å². The Bertz CT molecular complexity index is 757. The lowest BCUT2D eigenvalue weighted by Gasteiger charge is -2.12. The number of halogens is 1. The number of nitrogens with one attached hydrogen (secondary N) is 2. The van der Waals surface area contributed by atoms with Crippen molar-refractivity contribution in [2.75, 3.05) is 6.54 Å². The smallest absolute Gasteiger partial charge is 0.123 e. The number of benzene rings is 1. The van der Waals surface area contributed by atoms with Crippen LogP contribution in [0, 0.1) is 5.82 Å². The van der Waals surface area contributed by atoms with E-state index in [1.165, 1.54) is 6.07 Å². The molecule has 3 aromatic rings. The molecule has 5 heteroatoms. The summed E-state index contributed by atoms with van der Waals surface area (Å²) in [4.78, 5) is 3.17. The van der Waals surface area contributed by atoms with E-state index in [0.29, 0.717) is 12.5 Å². The molecule has 0 aliphatic carbocycles. The summed E-state index contributed by atoms with van der Waals surface area (Å²) in [6, 6.07) is 6.78. The van der Waals surface area contributed by atoms with Crippen LogP contribution in [0.5, 0.6) is 0 Å². The highest BCUT2D eigenvalue weighted by atomic mass is 19.1. The molecule has 1 unspecified atom stereocenters. The van der Waals surface area contributed by atoms with Gasteiger partial charge < -0.3 is 10.7 Å². The summed E-state index contributed by atoms with van der Waals surface area (Å²) in [6.07, 6.45) is 1.90. The van der Waals surface area contributed by atoms with Crippen molar-refractivity contribution in [2.24, 2.45) is 5.73 Å². The first-order valence-electron chi connectivity index (χ1n) is 7.12. The Kier molecular flexibility index (Phi) is 3.51. The summed E-state index contributed by atoms with van der Waals surface area (Å²) in [5.41, 5.74) is 9.83. The highest BCUT2D eigenvalue weighted by molar-refractivity contribution is 5.84. The number of hydrogen-bond acceptors (Lipinski definition) is 2. The van der Waals surface area contributed by atoms with Gasteiger partial charge in [-0.1, -0.05) is 13.8 Å². The monoisotopic (exact) mass is 286 g/mol. The zero-order valence-corrected chi connectivity index (χ0v) is 12.2. The van der Waals surface area contributed by atoms with Gasteiger partial charge in [-0.25, -0.2) is 4.39 Å². The van der Waals surface area contributed by atoms with Crippen LogP contribution in [0.2, 0.25) is 0 Å². The molecule has 4 nitrogen and oxygen atoms in total. The van der Waals surface area contributed by atoms with Crippen LogP contribution in [0.3, 0.4) is 0 Å². The molecule has 0 aliphatic heterocycles. The Hall–Kier alpha value is -2.14. The molecule has 2 heterocycles. The van der Waals surface area contributed by atoms with Gasteiger partial charge in [-0.3, -0.25) is 5.10 Å². The van der Waals surface area contributed by atoms with Gasteiger partial charge in [0.15, 0.2) is 0 Å². The summed E-state index contributed by atoms with van der Waals surface area (Å²) in [6.45, 7) is 4.63. The number of fused-ring (bicyclic) bond motifs is 1. The molecule has 3 rings (SSSR count). The van der Waals surface area contributed by atoms with Crippen LogP contribution in [-0.2, 0) is 0 Å². The summed E-state index contributed by atoms with van der Waals surface area (Å²) < 4.78 is 13.5. The van der Waals surface area contributed by atoms with Gasteiger partial charge in [0.1, 0.15) is 5.82 Å². The number of hydrogen-bond donors (Lipinski definition) is 3. The van der Waals surface area contributed by atoms with E-state index in [0.717, 1.165) is 27.9 Å². The van der Waals surface area contributed by atoms with Crippen molar-refractivity contribution in [3.8, 4) is 0 Å². The molecule has 0 saturated heterocycles. The zero-order valence-electron chi connectivity index (χ0n) is 12.2. The first-order valence-corrected chi connectivity index (χ1v) is 7.12. The van der Waals surface area contributed by atoms with Crippen LogP contribution in [0.1, 0.15) is 42.6 Å². The predicted molar refractivity (Wildman–Crippen MR) is 81.8 cm³/mol. The first kappa shape index (κ1) is 13.8. The van der Waals surface area contributed by atoms with Gasteiger partial charge in [-0.2, -0.15) is 5.10 Å². The molecule has 0 amide bonds. The van der Waals surface area contributed by atoms with Gasteiger partial charge >= 0.3 is 0 Å². The van der Waals surface area contributed by atoms with Crippen molar-refractivity contribution in [1.82, 2.24) is 15.2 Å². The van der Waals surface area contributed by atoms with E-state index in [1.54, 1.807) is 12.1 Å². The molecule has 0 spiro atoms. The maximum atomic E-state index is 13.5. The Balaban J connectivity index is 2.06. The van der Waals surface area contributed by atoms with Crippen LogP contribution in [-0.4, -0.2) is 21.7 Å². The molecule has 0 saturated carbocycles. The highest BCUT2D eigenvalue weighted by Gasteiger charge is 2.19. The van der Waals surface area contributed by atoms with E-state index < -0.39 is 0 Å². The molecule has 1 aromatic carbocycles. The maximum absolute atomic E-state index is 13.5. The van der Waals surface area contributed by atoms with E-state index in [-0.39, 0.29) is 11.7 Å². The quantitative estimate of drug-likeness (QED) is 0.689. The minimum atomic E-state index is -0.244. The van der Waals surface area contributed by atoms with Gasteiger partial charge in [0, 0.05) is 35.3 Å². The van der Waals surface area contributed by atoms with E-state index in [2.05, 4.69) is 29.0 Å². The molecule has 0 radical (unpaired) electrons. The number of H-pyrrole nitrogens is 2. The average molecular weight is 286 g/mol. The van der Waals surface area contributed by atoms with Crippen molar-refractivity contribution in [1.29, 1.82) is 0 Å². The number of nitrogens with zero attached hydrogens (tertiary/aromatic N) is 1. The second-order valence-electron chi connectivity index (χ2n) is 5.63. The number of nitrogens with two attached hydrogens (primary N) is 1. The second kappa shape index (κ2) is 5.33. The minimum Gasteiger partial charge on any atom is -0.361 e. The third-order valence-electron chi connectivity index (χ3n) is 3.87. The fourth-order valence-electron chi connectivity index (χ4n) is 2.65. The van der Waals surface area contributed by atoms with Crippen LogP contribution >= 0.6 is 0 Å². The van der Waals surface area contributed by atoms with Crippen molar-refractivity contribution in [3.63, 3.8) is 0 Å². The summed E-state index contributed by atoms with van der Waals surface area (Å²) in [5, 5.41) is 8.26. The van der Waals surface area contributed by atoms with Gasteiger partial charge in [0.2, 0.25) is 0 Å². The molecular formula is C16H19FN4. The lowest BCUT2D eigenvalue weighted by molar-refractivity contribution is 0.629. The molecule has 110 valence electrons. The van der Waals surface area contributed by atoms with Crippen LogP contribution < -0.4 is 5.73 Å². The standard InChI is InChI=1S/C16H19FN4/c1-9(2)15-6-16(21-20-15)12(7-18)13-8-19-14-4-3-10(17)5-11(13)14/h3-6,8-9,12,19H,7,18H2,1-2H3,(H,20,21). The predicted octanol–water partition coefficient (Wildman–Crippen LogP) is 3.24. The van der Waals surface area contributed by atoms with E-state index in [9.17, 15) is 4.39 Å². The van der Waals surface area contributed by atoms with Crippen LogP contribution in [0.4, 0.5) is 4.39 Å². The maximum Gasteiger partial charge on any atom is 0.123 e. The van der Waals surface area contributed by atoms with Crippen molar-refractivity contribution < 1.29 is 4.39 Å². The summed E-state index contributed by atoms with van der Waals surface area (Å²) in [5.74, 6) is 0.0842. The van der Waals surface area contributed by atoms with Gasteiger partial charge in [-0.05, 0) is 35.7 Å². The third-order valence-corrected chi connectivity index (χ3v) is 3.87. The van der Waals surface area contributed by atoms with Crippen molar-refractivity contribution in [2.45, 2.75) is 25.7 Å². The molecule has 4 N–H and O–H groups in total. The Morgan fingerprint density at radius 3 is 2.76 bits per heavy atom. The average Bonchev–Trinajstić information content (AvgIpc) is 3.08. The minimum absolute atomic E-state index is 0.0273. The molecule has 1 atom stereocenters. The van der Waals surface area contributed by atoms with Gasteiger partial charge in [0.25, 0.3) is 0 Å². The van der Waals surface area contributed by atoms with E-state index >= 15 is 0 Å². The summed E-state index contributed by atoms with van der Waals surface area (Å²) in [7, 11) is 0. The number of aromatic amines is 2. The van der Waals surface area contributed by atoms with Crippen LogP contribution in [0.25, 0.3) is 10.9 Å². The molecular weight excluding hydrogens is 267 g/mol. The zero-order chi connectivity index (χ0) is 15.0. The molecule has 2 aromatic heterocycles. The summed E-state index contributed by atoms with van der Waals surface area (Å²) >= 11 is 0. The Morgan fingerprint density at radius 1 is 1.29 bits per heavy atom. The normalized spacial score (nSPS) is 13.2. The molecule has 0 bridgehead atoms. The lowest BCUT2D eigenvalue weighted by atomic mass is 9.94. The van der Waals surface area contributed by atoms with Gasteiger partial charge in [-0.15, -0.1) is 0 Å². The Morgan fingerprint density at radius 2 is 2.10 bits per heavy atom. The molecule has 0 fully saturated rings. The SMILES string of the molecule is CC(C)c1cc(C(CN)c2c[nH]c3ccc(F)cc23)[nH]n1. The van der Waals surface area contributed by atoms with Crippen molar-refractivity contribution in [3.05, 3.63) is 53.2 Å². The fraction of sp³-hybridized carbons (Fsp3) is 0.312. The fourth-order valence-corrected chi connectivity index (χ4v) is 2.65. The topological polar surface area (TPSA) is 70.5 Å². The first-order chi connectivity index (χ1) is 10.1. The van der Waals surface area contributed by atoms with Gasteiger partial charge in [0.05, 0.1) is 5.69 Å². The van der Waals surface area contributed by atoms with E-state index in [4.69, 9.17) is 5.73 Å². The highest BCUT2D eigenvalue weighted by Crippen LogP contribution is 2.30. The largest absolute Gasteiger partial charge is 0.361 e. The number of rotatable bonds is 4. The lowest BCUT2D eigenvalue weighted by Crippen LogP contribution is -2.14. The number of aromatic nitrogens is 3. The second-order valence-corrected chi connectivity index (χ2v) is 5.63.